The van der Waals surface area contributed by atoms with E-state index >= 15 is 0 Å². The molecule has 0 bridgehead atoms. The Labute approximate surface area is 111 Å². The number of likely N-dealkylation sites (tertiary alicyclic amines) is 1. The van der Waals surface area contributed by atoms with Gasteiger partial charge in [-0.1, -0.05) is 37.3 Å². The minimum absolute atomic E-state index is 0.635. The molecule has 1 aromatic rings. The van der Waals surface area contributed by atoms with Gasteiger partial charge in [0.05, 0.1) is 0 Å². The summed E-state index contributed by atoms with van der Waals surface area (Å²) in [6.45, 7) is 6.73. The van der Waals surface area contributed by atoms with Gasteiger partial charge >= 0.3 is 0 Å². The summed E-state index contributed by atoms with van der Waals surface area (Å²) >= 11 is 0. The number of nitrogens with zero attached hydrogens (tertiary/aromatic N) is 1. The molecule has 2 nitrogen and oxygen atoms in total. The highest BCUT2D eigenvalue weighted by Gasteiger charge is 2.20. The van der Waals surface area contributed by atoms with Gasteiger partial charge in [-0.15, -0.1) is 0 Å². The van der Waals surface area contributed by atoms with Crippen molar-refractivity contribution in [2.75, 3.05) is 26.2 Å². The smallest absolute Gasteiger partial charge is 0.00191 e. The van der Waals surface area contributed by atoms with Crippen molar-refractivity contribution < 1.29 is 0 Å². The van der Waals surface area contributed by atoms with Crippen LogP contribution < -0.4 is 5.73 Å². The molecule has 0 aromatic heterocycles. The zero-order valence-electron chi connectivity index (χ0n) is 11.5. The number of hydrogen-bond donors (Lipinski definition) is 1. The molecule has 1 aromatic carbocycles. The van der Waals surface area contributed by atoms with Crippen molar-refractivity contribution in [1.82, 2.24) is 4.90 Å². The van der Waals surface area contributed by atoms with Crippen LogP contribution in [0.2, 0.25) is 0 Å². The highest BCUT2D eigenvalue weighted by molar-refractivity contribution is 5.15. The summed E-state index contributed by atoms with van der Waals surface area (Å²) in [7, 11) is 0. The zero-order chi connectivity index (χ0) is 12.8. The molecule has 1 aliphatic rings. The van der Waals surface area contributed by atoms with E-state index in [4.69, 9.17) is 5.73 Å². The minimum Gasteiger partial charge on any atom is -0.330 e. The van der Waals surface area contributed by atoms with Crippen LogP contribution >= 0.6 is 0 Å². The van der Waals surface area contributed by atoms with Gasteiger partial charge in [-0.3, -0.25) is 0 Å². The van der Waals surface area contributed by atoms with E-state index in [9.17, 15) is 0 Å². The Morgan fingerprint density at radius 3 is 2.50 bits per heavy atom. The molecule has 2 rings (SSSR count). The summed E-state index contributed by atoms with van der Waals surface area (Å²) < 4.78 is 0. The molecule has 1 heterocycles. The van der Waals surface area contributed by atoms with Gasteiger partial charge in [0.2, 0.25) is 0 Å². The summed E-state index contributed by atoms with van der Waals surface area (Å²) in [6, 6.07) is 10.9. The van der Waals surface area contributed by atoms with E-state index in [1.807, 2.05) is 0 Å². The molecular formula is C16H26N2. The molecule has 1 aliphatic heterocycles. The lowest BCUT2D eigenvalue weighted by atomic mass is 9.90. The molecule has 100 valence electrons. The minimum atomic E-state index is 0.635. The largest absolute Gasteiger partial charge is 0.330 e. The Hall–Kier alpha value is -0.860. The van der Waals surface area contributed by atoms with Crippen molar-refractivity contribution >= 4 is 0 Å². The first-order chi connectivity index (χ1) is 8.78. The maximum atomic E-state index is 5.69. The molecule has 0 amide bonds. The molecule has 2 heteroatoms. The maximum Gasteiger partial charge on any atom is 0.00191 e. The number of hydrogen-bond acceptors (Lipinski definition) is 2. The fraction of sp³-hybridized carbons (Fsp3) is 0.625. The van der Waals surface area contributed by atoms with E-state index in [0.717, 1.165) is 12.5 Å². The van der Waals surface area contributed by atoms with Crippen LogP contribution in [0.15, 0.2) is 30.3 Å². The van der Waals surface area contributed by atoms with Gasteiger partial charge in [-0.05, 0) is 56.3 Å². The predicted octanol–water partition coefficient (Wildman–Crippen LogP) is 2.54. The maximum absolute atomic E-state index is 5.69. The second-order valence-electron chi connectivity index (χ2n) is 5.77. The van der Waals surface area contributed by atoms with E-state index in [2.05, 4.69) is 42.2 Å². The third kappa shape index (κ3) is 4.11. The molecule has 0 radical (unpaired) electrons. The first-order valence-corrected chi connectivity index (χ1v) is 7.24. The number of nitrogens with two attached hydrogens (primary N) is 1. The van der Waals surface area contributed by atoms with E-state index in [1.54, 1.807) is 0 Å². The summed E-state index contributed by atoms with van der Waals surface area (Å²) in [6.07, 6.45) is 3.93. The normalized spacial score (nSPS) is 19.9. The van der Waals surface area contributed by atoms with Crippen molar-refractivity contribution in [2.24, 2.45) is 17.6 Å². The first-order valence-electron chi connectivity index (χ1n) is 7.24. The Bertz CT molecular complexity index is 328. The number of piperidine rings is 1. The average molecular weight is 246 g/mol. The summed E-state index contributed by atoms with van der Waals surface area (Å²) in [5.74, 6) is 1.51. The van der Waals surface area contributed by atoms with Crippen LogP contribution in [-0.2, 0) is 6.42 Å². The van der Waals surface area contributed by atoms with Gasteiger partial charge in [0.25, 0.3) is 0 Å². The van der Waals surface area contributed by atoms with Gasteiger partial charge in [0.1, 0.15) is 0 Å². The molecule has 0 aliphatic carbocycles. The predicted molar refractivity (Wildman–Crippen MR) is 77.5 cm³/mol. The second-order valence-corrected chi connectivity index (χ2v) is 5.77. The molecule has 1 atom stereocenters. The SMILES string of the molecule is CC(CN)CN1CCC(Cc2ccccc2)CC1. The summed E-state index contributed by atoms with van der Waals surface area (Å²) in [5.41, 5.74) is 7.18. The molecule has 0 saturated carbocycles. The van der Waals surface area contributed by atoms with Gasteiger partial charge in [0.15, 0.2) is 0 Å². The van der Waals surface area contributed by atoms with Crippen LogP contribution in [0.25, 0.3) is 0 Å². The number of benzene rings is 1. The molecule has 1 fully saturated rings. The third-order valence-electron chi connectivity index (χ3n) is 4.05. The quantitative estimate of drug-likeness (QED) is 0.865. The molecule has 18 heavy (non-hydrogen) atoms. The summed E-state index contributed by atoms with van der Waals surface area (Å²) in [4.78, 5) is 2.58. The van der Waals surface area contributed by atoms with E-state index < -0.39 is 0 Å². The van der Waals surface area contributed by atoms with E-state index in [0.29, 0.717) is 5.92 Å². The zero-order valence-corrected chi connectivity index (χ0v) is 11.5. The first kappa shape index (κ1) is 13.6. The van der Waals surface area contributed by atoms with E-state index in [-0.39, 0.29) is 0 Å². The van der Waals surface area contributed by atoms with Crippen LogP contribution in [0.1, 0.15) is 25.3 Å². The molecule has 1 saturated heterocycles. The van der Waals surface area contributed by atoms with Crippen molar-refractivity contribution in [2.45, 2.75) is 26.2 Å². The lowest BCUT2D eigenvalue weighted by Gasteiger charge is -2.33. The van der Waals surface area contributed by atoms with Crippen molar-refractivity contribution in [3.63, 3.8) is 0 Å². The Balaban J connectivity index is 1.73. The van der Waals surface area contributed by atoms with Crippen LogP contribution in [0, 0.1) is 11.8 Å². The molecule has 0 spiro atoms. The van der Waals surface area contributed by atoms with Gasteiger partial charge in [-0.25, -0.2) is 0 Å². The average Bonchev–Trinajstić information content (AvgIpc) is 2.42. The Morgan fingerprint density at radius 2 is 1.89 bits per heavy atom. The topological polar surface area (TPSA) is 29.3 Å². The van der Waals surface area contributed by atoms with Gasteiger partial charge < -0.3 is 10.6 Å². The molecule has 2 N–H and O–H groups in total. The molecule has 1 unspecified atom stereocenters. The van der Waals surface area contributed by atoms with Crippen molar-refractivity contribution in [1.29, 1.82) is 0 Å². The fourth-order valence-corrected chi connectivity index (χ4v) is 2.84. The van der Waals surface area contributed by atoms with Crippen LogP contribution in [-0.4, -0.2) is 31.1 Å². The van der Waals surface area contributed by atoms with Gasteiger partial charge in [0, 0.05) is 6.54 Å². The Kier molecular flexibility index (Phi) is 5.21. The number of rotatable bonds is 5. The fourth-order valence-electron chi connectivity index (χ4n) is 2.84. The lowest BCUT2D eigenvalue weighted by molar-refractivity contribution is 0.165. The van der Waals surface area contributed by atoms with Gasteiger partial charge in [-0.2, -0.15) is 0 Å². The van der Waals surface area contributed by atoms with Crippen LogP contribution in [0.5, 0.6) is 0 Å². The van der Waals surface area contributed by atoms with Crippen molar-refractivity contribution in [3.05, 3.63) is 35.9 Å². The summed E-state index contributed by atoms with van der Waals surface area (Å²) in [5, 5.41) is 0. The standard InChI is InChI=1S/C16H26N2/c1-14(12-17)13-18-9-7-16(8-10-18)11-15-5-3-2-4-6-15/h2-6,14,16H,7-13,17H2,1H3. The monoisotopic (exact) mass is 246 g/mol. The second kappa shape index (κ2) is 6.91. The van der Waals surface area contributed by atoms with Crippen LogP contribution in [0.3, 0.4) is 0 Å². The highest BCUT2D eigenvalue weighted by atomic mass is 15.1. The van der Waals surface area contributed by atoms with E-state index in [1.165, 1.54) is 44.5 Å². The Morgan fingerprint density at radius 1 is 1.22 bits per heavy atom. The van der Waals surface area contributed by atoms with Crippen LogP contribution in [0.4, 0.5) is 0 Å². The third-order valence-corrected chi connectivity index (χ3v) is 4.05. The molecular weight excluding hydrogens is 220 g/mol. The highest BCUT2D eigenvalue weighted by Crippen LogP contribution is 2.22. The van der Waals surface area contributed by atoms with Crippen molar-refractivity contribution in [3.8, 4) is 0 Å². The lowest BCUT2D eigenvalue weighted by Crippen LogP contribution is -2.38.